The van der Waals surface area contributed by atoms with E-state index >= 15 is 0 Å². The minimum absolute atomic E-state index is 0.0713. The molecule has 0 aliphatic rings. The average Bonchev–Trinajstić information content (AvgIpc) is 2.47. The van der Waals surface area contributed by atoms with E-state index in [1.165, 1.54) is 24.4 Å². The molecule has 1 aromatic heterocycles. The smallest absolute Gasteiger partial charge is 0.341 e. The molecule has 1 heterocycles. The molecule has 0 unspecified atom stereocenters. The zero-order chi connectivity index (χ0) is 14.8. The minimum Gasteiger partial charge on any atom is -0.477 e. The molecule has 0 aliphatic heterocycles. The molecule has 3 rings (SSSR count). The molecule has 21 heavy (non-hydrogen) atoms. The summed E-state index contributed by atoms with van der Waals surface area (Å²) in [6, 6.07) is 12.5. The van der Waals surface area contributed by atoms with Crippen molar-refractivity contribution in [2.24, 2.45) is 0 Å². The second kappa shape index (κ2) is 5.20. The fourth-order valence-electron chi connectivity index (χ4n) is 2.03. The Hall–Kier alpha value is -2.95. The van der Waals surface area contributed by atoms with Crippen molar-refractivity contribution in [3.8, 4) is 11.5 Å². The Morgan fingerprint density at radius 1 is 1.14 bits per heavy atom. The van der Waals surface area contributed by atoms with Gasteiger partial charge in [-0.05, 0) is 24.3 Å². The monoisotopic (exact) mass is 283 g/mol. The van der Waals surface area contributed by atoms with E-state index in [0.717, 1.165) is 0 Å². The van der Waals surface area contributed by atoms with Crippen molar-refractivity contribution < 1.29 is 19.0 Å². The quantitative estimate of drug-likeness (QED) is 0.792. The molecule has 3 aromatic rings. The summed E-state index contributed by atoms with van der Waals surface area (Å²) in [5.74, 6) is -1.23. The Labute approximate surface area is 119 Å². The number of aromatic nitrogens is 1. The number of benzene rings is 2. The molecule has 0 bridgehead atoms. The van der Waals surface area contributed by atoms with Crippen molar-refractivity contribution in [2.75, 3.05) is 0 Å². The Morgan fingerprint density at radius 2 is 1.95 bits per heavy atom. The second-order valence-corrected chi connectivity index (χ2v) is 4.38. The molecule has 0 radical (unpaired) electrons. The number of aromatic carboxylic acids is 1. The van der Waals surface area contributed by atoms with Crippen LogP contribution in [-0.2, 0) is 0 Å². The predicted molar refractivity (Wildman–Crippen MR) is 75.2 cm³/mol. The highest BCUT2D eigenvalue weighted by Gasteiger charge is 2.16. The summed E-state index contributed by atoms with van der Waals surface area (Å²) in [5, 5.41) is 9.82. The van der Waals surface area contributed by atoms with Crippen molar-refractivity contribution in [3.63, 3.8) is 0 Å². The van der Waals surface area contributed by atoms with E-state index in [1.54, 1.807) is 30.3 Å². The van der Waals surface area contributed by atoms with Crippen LogP contribution < -0.4 is 4.74 Å². The Balaban J connectivity index is 2.18. The minimum atomic E-state index is -1.15. The number of para-hydroxylation sites is 1. The second-order valence-electron chi connectivity index (χ2n) is 4.38. The molecule has 0 aliphatic carbocycles. The van der Waals surface area contributed by atoms with Crippen LogP contribution in [0.25, 0.3) is 10.9 Å². The van der Waals surface area contributed by atoms with Crippen LogP contribution in [0.1, 0.15) is 10.4 Å². The van der Waals surface area contributed by atoms with Crippen LogP contribution in [0.4, 0.5) is 4.39 Å². The maximum absolute atomic E-state index is 13.2. The number of hydrogen-bond donors (Lipinski definition) is 1. The summed E-state index contributed by atoms with van der Waals surface area (Å²) < 4.78 is 18.8. The van der Waals surface area contributed by atoms with E-state index in [9.17, 15) is 14.3 Å². The number of nitrogens with zero attached hydrogens (tertiary/aromatic N) is 1. The van der Waals surface area contributed by atoms with E-state index in [0.29, 0.717) is 10.9 Å². The fraction of sp³-hybridized carbons (Fsp3) is 0. The fourth-order valence-corrected chi connectivity index (χ4v) is 2.03. The number of halogens is 1. The van der Waals surface area contributed by atoms with E-state index in [-0.39, 0.29) is 17.1 Å². The van der Waals surface area contributed by atoms with E-state index in [2.05, 4.69) is 4.98 Å². The Kier molecular flexibility index (Phi) is 3.23. The Morgan fingerprint density at radius 3 is 2.71 bits per heavy atom. The molecule has 0 saturated heterocycles. The summed E-state index contributed by atoms with van der Waals surface area (Å²) in [6.07, 6.45) is 1.24. The topological polar surface area (TPSA) is 59.4 Å². The number of carbonyl (C=O) groups is 1. The third-order valence-electron chi connectivity index (χ3n) is 2.97. The average molecular weight is 283 g/mol. The van der Waals surface area contributed by atoms with Gasteiger partial charge in [0.2, 0.25) is 0 Å². The number of hydrogen-bond acceptors (Lipinski definition) is 3. The van der Waals surface area contributed by atoms with Crippen molar-refractivity contribution in [1.82, 2.24) is 4.98 Å². The van der Waals surface area contributed by atoms with Gasteiger partial charge in [0.1, 0.15) is 17.1 Å². The third-order valence-corrected chi connectivity index (χ3v) is 2.97. The number of carboxylic acids is 1. The first-order chi connectivity index (χ1) is 10.1. The van der Waals surface area contributed by atoms with Crippen molar-refractivity contribution in [1.29, 1.82) is 0 Å². The molecule has 0 amide bonds. The standard InChI is InChI=1S/C16H10FNO3/c17-10-4-3-5-11(8-10)21-15-12-6-1-2-7-14(12)18-9-13(15)16(19)20/h1-9H,(H,19,20). The molecule has 5 heteroatoms. The number of fused-ring (bicyclic) bond motifs is 1. The summed E-state index contributed by atoms with van der Waals surface area (Å²) in [4.78, 5) is 15.4. The van der Waals surface area contributed by atoms with Gasteiger partial charge in [-0.3, -0.25) is 4.98 Å². The molecule has 0 fully saturated rings. The largest absolute Gasteiger partial charge is 0.477 e. The number of ether oxygens (including phenoxy) is 1. The van der Waals surface area contributed by atoms with Gasteiger partial charge >= 0.3 is 5.97 Å². The van der Waals surface area contributed by atoms with E-state index in [1.807, 2.05) is 0 Å². The molecule has 0 saturated carbocycles. The van der Waals surface area contributed by atoms with Gasteiger partial charge in [-0.25, -0.2) is 9.18 Å². The summed E-state index contributed by atoms with van der Waals surface area (Å²) in [7, 11) is 0. The first-order valence-electron chi connectivity index (χ1n) is 6.19. The molecular formula is C16H10FNO3. The van der Waals surface area contributed by atoms with Crippen LogP contribution in [0, 0.1) is 5.82 Å². The highest BCUT2D eigenvalue weighted by atomic mass is 19.1. The van der Waals surface area contributed by atoms with Crippen LogP contribution in [0.15, 0.2) is 54.7 Å². The highest BCUT2D eigenvalue weighted by molar-refractivity contribution is 5.98. The van der Waals surface area contributed by atoms with Crippen LogP contribution >= 0.6 is 0 Å². The highest BCUT2D eigenvalue weighted by Crippen LogP contribution is 2.32. The number of rotatable bonds is 3. The van der Waals surface area contributed by atoms with Gasteiger partial charge < -0.3 is 9.84 Å². The first kappa shape index (κ1) is 13.1. The lowest BCUT2D eigenvalue weighted by molar-refractivity contribution is 0.0694. The van der Waals surface area contributed by atoms with Gasteiger partial charge in [0.25, 0.3) is 0 Å². The maximum Gasteiger partial charge on any atom is 0.341 e. The molecular weight excluding hydrogens is 273 g/mol. The molecule has 1 N–H and O–H groups in total. The number of carboxylic acid groups (broad SMARTS) is 1. The van der Waals surface area contributed by atoms with Gasteiger partial charge in [0.15, 0.2) is 5.75 Å². The first-order valence-corrected chi connectivity index (χ1v) is 6.19. The van der Waals surface area contributed by atoms with Gasteiger partial charge in [-0.1, -0.05) is 18.2 Å². The Bertz CT molecular complexity index is 833. The lowest BCUT2D eigenvalue weighted by Gasteiger charge is -2.11. The van der Waals surface area contributed by atoms with Crippen LogP contribution in [-0.4, -0.2) is 16.1 Å². The summed E-state index contributed by atoms with van der Waals surface area (Å²) in [5.41, 5.74) is 0.534. The lowest BCUT2D eigenvalue weighted by atomic mass is 10.1. The molecule has 2 aromatic carbocycles. The summed E-state index contributed by atoms with van der Waals surface area (Å²) >= 11 is 0. The lowest BCUT2D eigenvalue weighted by Crippen LogP contribution is -2.02. The van der Waals surface area contributed by atoms with Gasteiger partial charge in [-0.2, -0.15) is 0 Å². The number of pyridine rings is 1. The zero-order valence-corrected chi connectivity index (χ0v) is 10.8. The van der Waals surface area contributed by atoms with Crippen molar-refractivity contribution in [3.05, 3.63) is 66.1 Å². The van der Waals surface area contributed by atoms with Gasteiger partial charge in [0, 0.05) is 17.6 Å². The van der Waals surface area contributed by atoms with Crippen molar-refractivity contribution in [2.45, 2.75) is 0 Å². The SMILES string of the molecule is O=C(O)c1cnc2ccccc2c1Oc1cccc(F)c1. The van der Waals surface area contributed by atoms with E-state index < -0.39 is 11.8 Å². The van der Waals surface area contributed by atoms with Crippen LogP contribution in [0.3, 0.4) is 0 Å². The zero-order valence-electron chi connectivity index (χ0n) is 10.8. The van der Waals surface area contributed by atoms with Gasteiger partial charge in [-0.15, -0.1) is 0 Å². The predicted octanol–water partition coefficient (Wildman–Crippen LogP) is 3.86. The van der Waals surface area contributed by atoms with Crippen LogP contribution in [0.2, 0.25) is 0 Å². The molecule has 0 spiro atoms. The molecule has 104 valence electrons. The summed E-state index contributed by atoms with van der Waals surface area (Å²) in [6.45, 7) is 0. The van der Waals surface area contributed by atoms with Crippen molar-refractivity contribution >= 4 is 16.9 Å². The maximum atomic E-state index is 13.2. The van der Waals surface area contributed by atoms with Gasteiger partial charge in [0.05, 0.1) is 5.52 Å². The van der Waals surface area contributed by atoms with Crippen LogP contribution in [0.5, 0.6) is 11.5 Å². The molecule has 0 atom stereocenters. The molecule has 4 nitrogen and oxygen atoms in total. The van der Waals surface area contributed by atoms with E-state index in [4.69, 9.17) is 4.74 Å². The normalized spacial score (nSPS) is 10.5. The third kappa shape index (κ3) is 2.53.